The van der Waals surface area contributed by atoms with Crippen LogP contribution in [0.15, 0.2) is 60.1 Å². The van der Waals surface area contributed by atoms with Crippen LogP contribution in [0.1, 0.15) is 11.3 Å². The third-order valence-corrected chi connectivity index (χ3v) is 5.78. The first kappa shape index (κ1) is 18.1. The van der Waals surface area contributed by atoms with Crippen molar-refractivity contribution in [1.29, 1.82) is 0 Å². The summed E-state index contributed by atoms with van der Waals surface area (Å²) in [6.45, 7) is 0.508. The molecule has 0 saturated carbocycles. The summed E-state index contributed by atoms with van der Waals surface area (Å²) in [6.07, 6.45) is 2.17. The number of benzene rings is 2. The maximum absolute atomic E-state index is 13.1. The maximum atomic E-state index is 13.1. The van der Waals surface area contributed by atoms with Gasteiger partial charge in [0.25, 0.3) is 0 Å². The second-order valence-electron chi connectivity index (χ2n) is 6.09. The summed E-state index contributed by atoms with van der Waals surface area (Å²) in [7, 11) is 0. The lowest BCUT2D eigenvalue weighted by atomic mass is 10.2. The number of nitrogens with one attached hydrogen (secondary N) is 1. The molecule has 0 unspecified atom stereocenters. The van der Waals surface area contributed by atoms with E-state index in [-0.39, 0.29) is 18.1 Å². The number of rotatable bonds is 5. The van der Waals surface area contributed by atoms with Crippen molar-refractivity contribution in [3.63, 3.8) is 0 Å². The molecule has 4 nitrogen and oxygen atoms in total. The highest BCUT2D eigenvalue weighted by Gasteiger charge is 2.12. The molecule has 1 amide bonds. The standard InChI is InChI=1S/C20H15FIN3OS/c21-15-5-3-14(4-6-15)18-11-25-17(12-27-20(25)24-18)9-19(26)23-10-13-1-7-16(22)8-2-13/h1-8,11-12H,9-10H2,(H,23,26). The third kappa shape index (κ3) is 4.19. The molecule has 0 fully saturated rings. The minimum atomic E-state index is -0.273. The van der Waals surface area contributed by atoms with Crippen LogP contribution in [-0.2, 0) is 17.8 Å². The van der Waals surface area contributed by atoms with E-state index in [4.69, 9.17) is 0 Å². The van der Waals surface area contributed by atoms with Gasteiger partial charge in [-0.15, -0.1) is 11.3 Å². The Morgan fingerprint density at radius 2 is 1.89 bits per heavy atom. The van der Waals surface area contributed by atoms with Crippen LogP contribution in [0, 0.1) is 9.39 Å². The molecule has 0 spiro atoms. The number of hydrogen-bond donors (Lipinski definition) is 1. The normalized spacial score (nSPS) is 11.0. The Kier molecular flexibility index (Phi) is 5.22. The van der Waals surface area contributed by atoms with Crippen LogP contribution in [0.3, 0.4) is 0 Å². The molecule has 2 aromatic heterocycles. The fraction of sp³-hybridized carbons (Fsp3) is 0.100. The van der Waals surface area contributed by atoms with Crippen LogP contribution in [0.2, 0.25) is 0 Å². The van der Waals surface area contributed by atoms with Crippen LogP contribution in [-0.4, -0.2) is 15.3 Å². The zero-order valence-electron chi connectivity index (χ0n) is 14.2. The number of hydrogen-bond acceptors (Lipinski definition) is 3. The topological polar surface area (TPSA) is 46.4 Å². The zero-order valence-corrected chi connectivity index (χ0v) is 17.1. The van der Waals surface area contributed by atoms with Crippen LogP contribution in [0.25, 0.3) is 16.2 Å². The average molecular weight is 491 g/mol. The molecule has 4 rings (SSSR count). The Morgan fingerprint density at radius 3 is 2.63 bits per heavy atom. The van der Waals surface area contributed by atoms with Crippen LogP contribution >= 0.6 is 33.9 Å². The number of halogens is 2. The minimum Gasteiger partial charge on any atom is -0.352 e. The van der Waals surface area contributed by atoms with E-state index >= 15 is 0 Å². The highest BCUT2D eigenvalue weighted by Crippen LogP contribution is 2.24. The molecular weight excluding hydrogens is 476 g/mol. The van der Waals surface area contributed by atoms with Gasteiger partial charge in [-0.3, -0.25) is 9.20 Å². The first-order chi connectivity index (χ1) is 13.1. The lowest BCUT2D eigenvalue weighted by Gasteiger charge is -2.05. The smallest absolute Gasteiger partial charge is 0.226 e. The number of carbonyl (C=O) groups is 1. The number of thiazole rings is 1. The van der Waals surface area contributed by atoms with Crippen molar-refractivity contribution in [2.75, 3.05) is 0 Å². The van der Waals surface area contributed by atoms with Crippen molar-refractivity contribution in [1.82, 2.24) is 14.7 Å². The van der Waals surface area contributed by atoms with E-state index in [0.29, 0.717) is 6.54 Å². The van der Waals surface area contributed by atoms with Gasteiger partial charge in [0.05, 0.1) is 12.1 Å². The fourth-order valence-corrected chi connectivity index (χ4v) is 3.98. The quantitative estimate of drug-likeness (QED) is 0.413. The molecular formula is C20H15FIN3OS. The molecule has 0 bridgehead atoms. The van der Waals surface area contributed by atoms with Gasteiger partial charge >= 0.3 is 0 Å². The summed E-state index contributed by atoms with van der Waals surface area (Å²) in [5, 5.41) is 4.90. The molecule has 2 aromatic carbocycles. The van der Waals surface area contributed by atoms with Gasteiger partial charge < -0.3 is 5.32 Å². The monoisotopic (exact) mass is 491 g/mol. The van der Waals surface area contributed by atoms with E-state index in [1.807, 2.05) is 40.2 Å². The summed E-state index contributed by atoms with van der Waals surface area (Å²) < 4.78 is 16.2. The Labute approximate surface area is 173 Å². The lowest BCUT2D eigenvalue weighted by molar-refractivity contribution is -0.120. The van der Waals surface area contributed by atoms with Gasteiger partial charge in [0, 0.05) is 32.9 Å². The molecule has 0 radical (unpaired) electrons. The van der Waals surface area contributed by atoms with Crippen molar-refractivity contribution >= 4 is 44.8 Å². The van der Waals surface area contributed by atoms with Crippen LogP contribution in [0.4, 0.5) is 4.39 Å². The second-order valence-corrected chi connectivity index (χ2v) is 8.17. The van der Waals surface area contributed by atoms with E-state index < -0.39 is 0 Å². The van der Waals surface area contributed by atoms with Gasteiger partial charge in [-0.1, -0.05) is 12.1 Å². The molecule has 136 valence electrons. The van der Waals surface area contributed by atoms with Crippen LogP contribution in [0.5, 0.6) is 0 Å². The van der Waals surface area contributed by atoms with E-state index in [9.17, 15) is 9.18 Å². The van der Waals surface area contributed by atoms with Crippen molar-refractivity contribution in [2.45, 2.75) is 13.0 Å². The Balaban J connectivity index is 1.46. The number of nitrogens with zero attached hydrogens (tertiary/aromatic N) is 2. The second kappa shape index (κ2) is 7.77. The largest absolute Gasteiger partial charge is 0.352 e. The summed E-state index contributed by atoms with van der Waals surface area (Å²) in [4.78, 5) is 17.7. The van der Waals surface area contributed by atoms with Crippen molar-refractivity contribution in [3.05, 3.63) is 80.8 Å². The molecule has 4 aromatic rings. The molecule has 1 N–H and O–H groups in total. The summed E-state index contributed by atoms with van der Waals surface area (Å²) >= 11 is 3.74. The van der Waals surface area contributed by atoms with Crippen molar-refractivity contribution < 1.29 is 9.18 Å². The number of carbonyl (C=O) groups excluding carboxylic acids is 1. The van der Waals surface area contributed by atoms with Crippen molar-refractivity contribution in [3.8, 4) is 11.3 Å². The number of amides is 1. The Bertz CT molecular complexity index is 1090. The molecule has 7 heteroatoms. The van der Waals surface area contributed by atoms with Crippen LogP contribution < -0.4 is 5.32 Å². The van der Waals surface area contributed by atoms with Gasteiger partial charge in [0.1, 0.15) is 5.82 Å². The van der Waals surface area contributed by atoms with E-state index in [1.54, 1.807) is 12.1 Å². The van der Waals surface area contributed by atoms with E-state index in [2.05, 4.69) is 32.9 Å². The molecule has 2 heterocycles. The SMILES string of the molecule is O=C(Cc1csc2nc(-c3ccc(F)cc3)cn12)NCc1ccc(I)cc1. The predicted octanol–water partition coefficient (Wildman–Crippen LogP) is 4.67. The summed E-state index contributed by atoms with van der Waals surface area (Å²) in [5.41, 5.74) is 3.57. The first-order valence-corrected chi connectivity index (χ1v) is 10.3. The van der Waals surface area contributed by atoms with Gasteiger partial charge in [-0.25, -0.2) is 9.37 Å². The van der Waals surface area contributed by atoms with Crippen molar-refractivity contribution in [2.24, 2.45) is 0 Å². The van der Waals surface area contributed by atoms with Gasteiger partial charge in [0.2, 0.25) is 5.91 Å². The number of fused-ring (bicyclic) bond motifs is 1. The van der Waals surface area contributed by atoms with Gasteiger partial charge in [-0.05, 0) is 64.6 Å². The fourth-order valence-electron chi connectivity index (χ4n) is 2.75. The van der Waals surface area contributed by atoms with Gasteiger partial charge in [-0.2, -0.15) is 0 Å². The maximum Gasteiger partial charge on any atom is 0.226 e. The molecule has 27 heavy (non-hydrogen) atoms. The molecule has 0 atom stereocenters. The highest BCUT2D eigenvalue weighted by atomic mass is 127. The summed E-state index contributed by atoms with van der Waals surface area (Å²) in [6, 6.07) is 14.3. The minimum absolute atomic E-state index is 0.0368. The average Bonchev–Trinajstić information content (AvgIpc) is 3.24. The Morgan fingerprint density at radius 1 is 1.15 bits per heavy atom. The highest BCUT2D eigenvalue weighted by molar-refractivity contribution is 14.1. The third-order valence-electron chi connectivity index (χ3n) is 4.17. The molecule has 0 aliphatic rings. The van der Waals surface area contributed by atoms with E-state index in [0.717, 1.165) is 27.5 Å². The lowest BCUT2D eigenvalue weighted by Crippen LogP contribution is -2.24. The first-order valence-electron chi connectivity index (χ1n) is 8.31. The number of imidazole rings is 1. The molecule has 0 aliphatic carbocycles. The Hall–Kier alpha value is -2.26. The van der Waals surface area contributed by atoms with E-state index in [1.165, 1.54) is 27.0 Å². The zero-order chi connectivity index (χ0) is 18.8. The predicted molar refractivity (Wildman–Crippen MR) is 113 cm³/mol. The molecule has 0 aliphatic heterocycles. The van der Waals surface area contributed by atoms with Gasteiger partial charge in [0.15, 0.2) is 4.96 Å². The molecule has 0 saturated heterocycles. The number of aromatic nitrogens is 2. The summed E-state index contributed by atoms with van der Waals surface area (Å²) in [5.74, 6) is -0.310.